The first kappa shape index (κ1) is 19.9. The lowest BCUT2D eigenvalue weighted by Crippen LogP contribution is -2.34. The normalized spacial score (nSPS) is 21.3. The van der Waals surface area contributed by atoms with Crippen molar-refractivity contribution in [3.8, 4) is 0 Å². The number of hydrogen-bond acceptors (Lipinski definition) is 5. The van der Waals surface area contributed by atoms with Gasteiger partial charge in [0.15, 0.2) is 5.82 Å². The second kappa shape index (κ2) is 7.62. The number of nitrogens with two attached hydrogens (primary N) is 1. The van der Waals surface area contributed by atoms with Gasteiger partial charge in [-0.15, -0.1) is 12.4 Å². The Labute approximate surface area is 144 Å². The van der Waals surface area contributed by atoms with Gasteiger partial charge in [0.25, 0.3) is 0 Å². The zero-order valence-corrected chi connectivity index (χ0v) is 15.4. The van der Waals surface area contributed by atoms with Crippen molar-refractivity contribution >= 4 is 18.3 Å². The lowest BCUT2D eigenvalue weighted by Gasteiger charge is -2.22. The molecular formula is C16H29ClN4O2. The van der Waals surface area contributed by atoms with Crippen molar-refractivity contribution < 1.29 is 9.32 Å². The fraction of sp³-hybridized carbons (Fsp3) is 0.812. The number of amides is 1. The maximum absolute atomic E-state index is 12.2. The largest absolute Gasteiger partial charge is 0.342 e. The maximum Gasteiger partial charge on any atom is 0.226 e. The minimum Gasteiger partial charge on any atom is -0.342 e. The summed E-state index contributed by atoms with van der Waals surface area (Å²) in [5, 5.41) is 4.00. The second-order valence-electron chi connectivity index (χ2n) is 7.70. The van der Waals surface area contributed by atoms with Crippen LogP contribution >= 0.6 is 12.4 Å². The van der Waals surface area contributed by atoms with Crippen molar-refractivity contribution in [1.82, 2.24) is 15.0 Å². The lowest BCUT2D eigenvalue weighted by molar-refractivity contribution is -0.130. The number of likely N-dealkylation sites (tertiary alicyclic amines) is 1. The zero-order chi connectivity index (χ0) is 16.4. The molecule has 0 radical (unpaired) electrons. The predicted octanol–water partition coefficient (Wildman–Crippen LogP) is 2.31. The summed E-state index contributed by atoms with van der Waals surface area (Å²) < 4.78 is 5.25. The molecule has 1 fully saturated rings. The molecule has 6 nitrogen and oxygen atoms in total. The van der Waals surface area contributed by atoms with Crippen LogP contribution in [0.15, 0.2) is 4.52 Å². The molecule has 1 atom stereocenters. The van der Waals surface area contributed by atoms with Crippen LogP contribution in [0, 0.1) is 5.41 Å². The summed E-state index contributed by atoms with van der Waals surface area (Å²) in [5.74, 6) is 1.53. The topological polar surface area (TPSA) is 85.2 Å². The predicted molar refractivity (Wildman–Crippen MR) is 91.5 cm³/mol. The molecule has 132 valence electrons. The Hall–Kier alpha value is -1.14. The van der Waals surface area contributed by atoms with Gasteiger partial charge in [0.2, 0.25) is 11.8 Å². The average Bonchev–Trinajstić information content (AvgIpc) is 3.06. The molecule has 1 unspecified atom stereocenters. The Morgan fingerprint density at radius 1 is 1.43 bits per heavy atom. The molecule has 1 aliphatic rings. The van der Waals surface area contributed by atoms with Crippen molar-refractivity contribution in [3.05, 3.63) is 11.7 Å². The van der Waals surface area contributed by atoms with Crippen LogP contribution in [0.2, 0.25) is 0 Å². The van der Waals surface area contributed by atoms with Crippen molar-refractivity contribution in [3.63, 3.8) is 0 Å². The van der Waals surface area contributed by atoms with Gasteiger partial charge in [0.05, 0.1) is 0 Å². The number of nitrogens with zero attached hydrogens (tertiary/aromatic N) is 3. The van der Waals surface area contributed by atoms with Crippen LogP contribution in [-0.4, -0.2) is 40.6 Å². The zero-order valence-electron chi connectivity index (χ0n) is 14.6. The molecule has 23 heavy (non-hydrogen) atoms. The number of halogens is 1. The van der Waals surface area contributed by atoms with Crippen molar-refractivity contribution in [2.75, 3.05) is 19.6 Å². The van der Waals surface area contributed by atoms with E-state index in [2.05, 4.69) is 17.1 Å². The van der Waals surface area contributed by atoms with E-state index in [1.54, 1.807) is 0 Å². The number of aryl methyl sites for hydroxylation is 1. The average molecular weight is 345 g/mol. The summed E-state index contributed by atoms with van der Waals surface area (Å²) in [7, 11) is 0. The van der Waals surface area contributed by atoms with Crippen molar-refractivity contribution in [2.24, 2.45) is 11.1 Å². The summed E-state index contributed by atoms with van der Waals surface area (Å²) >= 11 is 0. The molecule has 0 aliphatic carbocycles. The number of aromatic nitrogens is 2. The van der Waals surface area contributed by atoms with Crippen LogP contribution in [0.4, 0.5) is 0 Å². The smallest absolute Gasteiger partial charge is 0.226 e. The first-order valence-corrected chi connectivity index (χ1v) is 8.04. The highest BCUT2D eigenvalue weighted by Gasteiger charge is 2.34. The number of carbonyl (C=O) groups is 1. The molecule has 0 bridgehead atoms. The van der Waals surface area contributed by atoms with E-state index in [9.17, 15) is 4.79 Å². The first-order chi connectivity index (χ1) is 10.2. The van der Waals surface area contributed by atoms with Crippen molar-refractivity contribution in [2.45, 2.75) is 58.8 Å². The standard InChI is InChI=1S/C16H28N4O2.ClH/c1-15(2,3)14-18-12(22-19-14)6-5-7-13(21)20-9-8-16(4,10-17)11-20;/h5-11,17H2,1-4H3;1H. The third-order valence-electron chi connectivity index (χ3n) is 4.32. The number of carbonyl (C=O) groups excluding carboxylic acids is 1. The Morgan fingerprint density at radius 2 is 2.13 bits per heavy atom. The molecule has 0 aromatic carbocycles. The van der Waals surface area contributed by atoms with Crippen LogP contribution in [-0.2, 0) is 16.6 Å². The molecular weight excluding hydrogens is 316 g/mol. The molecule has 7 heteroatoms. The molecule has 1 amide bonds. The highest BCUT2D eigenvalue weighted by Crippen LogP contribution is 2.29. The van der Waals surface area contributed by atoms with Crippen LogP contribution < -0.4 is 5.73 Å². The molecule has 2 heterocycles. The third kappa shape index (κ3) is 5.18. The van der Waals surface area contributed by atoms with Gasteiger partial charge in [0.1, 0.15) is 0 Å². The van der Waals surface area contributed by atoms with Crippen LogP contribution in [0.5, 0.6) is 0 Å². The monoisotopic (exact) mass is 344 g/mol. The minimum atomic E-state index is -0.111. The summed E-state index contributed by atoms with van der Waals surface area (Å²) in [5.41, 5.74) is 5.75. The van der Waals surface area contributed by atoms with Gasteiger partial charge in [-0.2, -0.15) is 4.98 Å². The van der Waals surface area contributed by atoms with Gasteiger partial charge in [-0.05, 0) is 24.8 Å². The van der Waals surface area contributed by atoms with Crippen LogP contribution in [0.25, 0.3) is 0 Å². The SMILES string of the molecule is CC1(CN)CCN(C(=O)CCCc2nc(C(C)(C)C)no2)C1.Cl. The highest BCUT2D eigenvalue weighted by atomic mass is 35.5. The third-order valence-corrected chi connectivity index (χ3v) is 4.32. The summed E-state index contributed by atoms with van der Waals surface area (Å²) in [6, 6.07) is 0. The molecule has 0 saturated carbocycles. The fourth-order valence-corrected chi connectivity index (χ4v) is 2.61. The van der Waals surface area contributed by atoms with E-state index in [0.29, 0.717) is 31.1 Å². The minimum absolute atomic E-state index is 0. The Bertz CT molecular complexity index is 526. The second-order valence-corrected chi connectivity index (χ2v) is 7.70. The molecule has 0 spiro atoms. The van der Waals surface area contributed by atoms with E-state index >= 15 is 0 Å². The van der Waals surface area contributed by atoms with E-state index < -0.39 is 0 Å². The quantitative estimate of drug-likeness (QED) is 0.885. The Balaban J connectivity index is 0.00000264. The molecule has 2 rings (SSSR count). The van der Waals surface area contributed by atoms with Crippen LogP contribution in [0.3, 0.4) is 0 Å². The highest BCUT2D eigenvalue weighted by molar-refractivity contribution is 5.85. The molecule has 1 saturated heterocycles. The van der Waals surface area contributed by atoms with Gasteiger partial charge in [-0.3, -0.25) is 4.79 Å². The fourth-order valence-electron chi connectivity index (χ4n) is 2.61. The summed E-state index contributed by atoms with van der Waals surface area (Å²) in [6.45, 7) is 10.5. The molecule has 1 aromatic rings. The molecule has 1 aromatic heterocycles. The van der Waals surface area contributed by atoms with Gasteiger partial charge in [0, 0.05) is 31.3 Å². The molecule has 1 aliphatic heterocycles. The van der Waals surface area contributed by atoms with Crippen molar-refractivity contribution in [1.29, 1.82) is 0 Å². The van der Waals surface area contributed by atoms with E-state index in [1.165, 1.54) is 0 Å². The van der Waals surface area contributed by atoms with Gasteiger partial charge < -0.3 is 15.2 Å². The van der Waals surface area contributed by atoms with Gasteiger partial charge in [-0.1, -0.05) is 32.9 Å². The maximum atomic E-state index is 12.2. The summed E-state index contributed by atoms with van der Waals surface area (Å²) in [6.07, 6.45) is 2.90. The number of rotatable bonds is 5. The first-order valence-electron chi connectivity index (χ1n) is 8.04. The van der Waals surface area contributed by atoms with E-state index in [4.69, 9.17) is 10.3 Å². The van der Waals surface area contributed by atoms with E-state index in [0.717, 1.165) is 25.9 Å². The van der Waals surface area contributed by atoms with E-state index in [-0.39, 0.29) is 29.1 Å². The molecule has 2 N–H and O–H groups in total. The van der Waals surface area contributed by atoms with Crippen LogP contribution in [0.1, 0.15) is 58.7 Å². The lowest BCUT2D eigenvalue weighted by atomic mass is 9.90. The summed E-state index contributed by atoms with van der Waals surface area (Å²) in [4.78, 5) is 18.5. The number of hydrogen-bond donors (Lipinski definition) is 1. The van der Waals surface area contributed by atoms with Gasteiger partial charge >= 0.3 is 0 Å². The Kier molecular flexibility index (Phi) is 6.59. The van der Waals surface area contributed by atoms with E-state index in [1.807, 2.05) is 25.7 Å². The Morgan fingerprint density at radius 3 is 2.65 bits per heavy atom. The van der Waals surface area contributed by atoms with Gasteiger partial charge in [-0.25, -0.2) is 0 Å².